The summed E-state index contributed by atoms with van der Waals surface area (Å²) in [6.07, 6.45) is 32.1. The maximum Gasteiger partial charge on any atom is 0.306 e. The van der Waals surface area contributed by atoms with E-state index in [1.807, 2.05) is 21.1 Å². The third kappa shape index (κ3) is 32.2. The lowest BCUT2D eigenvalue weighted by molar-refractivity contribution is -0.870. The molecule has 1 rings (SSSR count). The standard InChI is InChI=1S/C48H86NO11P/c1-6-8-10-11-12-13-14-15-16-17-18-19-20-21-22-23-29-33-48(54)60-42(40-59-61(55,56)58-37-36-49(3,4)5)39-57-47(53)32-28-25-24-27-31-43-44(46(52)38-45(43)51)35-34-41(50)30-26-9-7-2/h12-13,15-16,34-35,41-45,50-51H,6-11,14,17-33,36-40H2,1-5H3/b13-12-,16-15-,35-34+/t41-,42+,43+,44+,45-/m0/s1. The van der Waals surface area contributed by atoms with Gasteiger partial charge in [0, 0.05) is 25.2 Å². The molecule has 61 heavy (non-hydrogen) atoms. The van der Waals surface area contributed by atoms with Crippen LogP contribution < -0.4 is 4.89 Å². The molecule has 0 amide bonds. The molecule has 0 aromatic carbocycles. The maximum absolute atomic E-state index is 12.7. The third-order valence-electron chi connectivity index (χ3n) is 11.0. The monoisotopic (exact) mass is 884 g/mol. The molecule has 0 heterocycles. The van der Waals surface area contributed by atoms with Crippen molar-refractivity contribution < 1.29 is 57.1 Å². The summed E-state index contributed by atoms with van der Waals surface area (Å²) in [7, 11) is 1.03. The first-order valence-electron chi connectivity index (χ1n) is 23.8. The van der Waals surface area contributed by atoms with Crippen LogP contribution in [0.25, 0.3) is 0 Å². The van der Waals surface area contributed by atoms with Crippen LogP contribution in [0.1, 0.15) is 174 Å². The molecule has 0 aromatic heterocycles. The number of ketones is 1. The van der Waals surface area contributed by atoms with Gasteiger partial charge in [-0.25, -0.2) is 0 Å². The zero-order chi connectivity index (χ0) is 45.2. The summed E-state index contributed by atoms with van der Waals surface area (Å²) >= 11 is 0. The number of nitrogens with zero attached hydrogens (tertiary/aromatic N) is 1. The van der Waals surface area contributed by atoms with Crippen molar-refractivity contribution in [3.05, 3.63) is 36.5 Å². The lowest BCUT2D eigenvalue weighted by Crippen LogP contribution is -2.37. The largest absolute Gasteiger partial charge is 0.756 e. The fraction of sp³-hybridized carbons (Fsp3) is 0.812. The van der Waals surface area contributed by atoms with Crippen LogP contribution in [-0.2, 0) is 37.5 Å². The van der Waals surface area contributed by atoms with Crippen molar-refractivity contribution in [1.82, 2.24) is 0 Å². The first-order valence-corrected chi connectivity index (χ1v) is 25.3. The van der Waals surface area contributed by atoms with Crippen molar-refractivity contribution in [1.29, 1.82) is 0 Å². The second-order valence-corrected chi connectivity index (χ2v) is 19.3. The molecule has 13 heteroatoms. The molecule has 0 radical (unpaired) electrons. The Morgan fingerprint density at radius 1 is 0.787 bits per heavy atom. The van der Waals surface area contributed by atoms with E-state index >= 15 is 0 Å². The molecule has 12 nitrogen and oxygen atoms in total. The van der Waals surface area contributed by atoms with E-state index in [0.29, 0.717) is 36.7 Å². The van der Waals surface area contributed by atoms with Crippen LogP contribution in [0.2, 0.25) is 0 Å². The van der Waals surface area contributed by atoms with Gasteiger partial charge in [0.2, 0.25) is 0 Å². The summed E-state index contributed by atoms with van der Waals surface area (Å²) in [6, 6.07) is 0. The SMILES string of the molecule is CCCCC/C=C\C/C=C\CCCCCCCCCC(=O)O[C@H](COC(=O)CCCCCC[C@H]1[C@@H](O)CC(=O)[C@@H]1/C=C/[C@@H](O)CCCCC)COP(=O)([O-])OCC[N+](C)(C)C. The topological polar surface area (TPSA) is 169 Å². The summed E-state index contributed by atoms with van der Waals surface area (Å²) < 4.78 is 33.9. The van der Waals surface area contributed by atoms with E-state index in [1.165, 1.54) is 38.5 Å². The first-order chi connectivity index (χ1) is 29.2. The Morgan fingerprint density at radius 2 is 1.36 bits per heavy atom. The van der Waals surface area contributed by atoms with Gasteiger partial charge in [-0.2, -0.15) is 0 Å². The highest BCUT2D eigenvalue weighted by molar-refractivity contribution is 7.45. The molecule has 6 atom stereocenters. The van der Waals surface area contributed by atoms with Gasteiger partial charge in [0.25, 0.3) is 7.82 Å². The predicted octanol–water partition coefficient (Wildman–Crippen LogP) is 9.65. The normalized spacial score (nSPS) is 19.3. The number of phosphoric acid groups is 1. The number of quaternary nitrogens is 1. The van der Waals surface area contributed by atoms with Crippen molar-refractivity contribution in [2.24, 2.45) is 11.8 Å². The molecule has 1 unspecified atom stereocenters. The second kappa shape index (κ2) is 35.2. The Labute approximate surface area is 370 Å². The Balaban J connectivity index is 2.44. The van der Waals surface area contributed by atoms with E-state index in [0.717, 1.165) is 77.0 Å². The molecule has 0 saturated heterocycles. The van der Waals surface area contributed by atoms with Crippen LogP contribution in [0.5, 0.6) is 0 Å². The molecular weight excluding hydrogens is 797 g/mol. The second-order valence-electron chi connectivity index (χ2n) is 17.9. The molecule has 0 spiro atoms. The van der Waals surface area contributed by atoms with Gasteiger partial charge in [-0.3, -0.25) is 18.9 Å². The van der Waals surface area contributed by atoms with Gasteiger partial charge in [-0.15, -0.1) is 0 Å². The summed E-state index contributed by atoms with van der Waals surface area (Å²) in [5.41, 5.74) is 0. The molecule has 1 aliphatic rings. The van der Waals surface area contributed by atoms with Crippen molar-refractivity contribution >= 4 is 25.5 Å². The number of esters is 2. The summed E-state index contributed by atoms with van der Waals surface area (Å²) in [6.45, 7) is 3.82. The van der Waals surface area contributed by atoms with Crippen LogP contribution in [0.4, 0.5) is 0 Å². The van der Waals surface area contributed by atoms with Crippen LogP contribution in [0.15, 0.2) is 36.5 Å². The average molecular weight is 884 g/mol. The number of phosphoric ester groups is 1. The van der Waals surface area contributed by atoms with Gasteiger partial charge in [0.15, 0.2) is 6.10 Å². The number of carbonyl (C=O) groups excluding carboxylic acids is 3. The van der Waals surface area contributed by atoms with E-state index in [2.05, 4.69) is 38.2 Å². The number of hydrogen-bond donors (Lipinski definition) is 2. The summed E-state index contributed by atoms with van der Waals surface area (Å²) in [5.74, 6) is -1.57. The highest BCUT2D eigenvalue weighted by Crippen LogP contribution is 2.38. The van der Waals surface area contributed by atoms with E-state index in [9.17, 15) is 34.1 Å². The van der Waals surface area contributed by atoms with Gasteiger partial charge >= 0.3 is 11.9 Å². The molecule has 354 valence electrons. The summed E-state index contributed by atoms with van der Waals surface area (Å²) in [4.78, 5) is 50.4. The van der Waals surface area contributed by atoms with Gasteiger partial charge < -0.3 is 38.1 Å². The Bertz CT molecular complexity index is 1300. The quantitative estimate of drug-likeness (QED) is 0.0198. The first kappa shape index (κ1) is 56.8. The van der Waals surface area contributed by atoms with E-state index < -0.39 is 50.6 Å². The van der Waals surface area contributed by atoms with Gasteiger partial charge in [-0.1, -0.05) is 134 Å². The number of aliphatic hydroxyl groups excluding tert-OH is 2. The Hall–Kier alpha value is -2.18. The number of rotatable bonds is 39. The smallest absolute Gasteiger partial charge is 0.306 e. The summed E-state index contributed by atoms with van der Waals surface area (Å²) in [5, 5.41) is 20.8. The fourth-order valence-electron chi connectivity index (χ4n) is 7.24. The molecule has 0 aliphatic heterocycles. The highest BCUT2D eigenvalue weighted by atomic mass is 31.2. The molecular formula is C48H86NO11P. The van der Waals surface area contributed by atoms with Crippen LogP contribution >= 0.6 is 7.82 Å². The predicted molar refractivity (Wildman–Crippen MR) is 241 cm³/mol. The van der Waals surface area contributed by atoms with Gasteiger partial charge in [0.05, 0.1) is 40.0 Å². The number of aliphatic hydroxyl groups is 2. The number of unbranched alkanes of at least 4 members (excludes halogenated alkanes) is 15. The van der Waals surface area contributed by atoms with Crippen LogP contribution in [0, 0.1) is 11.8 Å². The number of hydrogen-bond acceptors (Lipinski definition) is 11. The fourth-order valence-corrected chi connectivity index (χ4v) is 7.96. The average Bonchev–Trinajstić information content (AvgIpc) is 3.47. The molecule has 2 N–H and O–H groups in total. The van der Waals surface area contributed by atoms with E-state index in [-0.39, 0.29) is 44.2 Å². The zero-order valence-electron chi connectivity index (χ0n) is 38.8. The minimum atomic E-state index is -4.69. The van der Waals surface area contributed by atoms with Crippen LogP contribution in [-0.4, -0.2) is 98.2 Å². The molecule has 1 fully saturated rings. The Kier molecular flexibility index (Phi) is 32.8. The van der Waals surface area contributed by atoms with E-state index in [4.69, 9.17) is 18.5 Å². The number of allylic oxidation sites excluding steroid dienone is 5. The molecule has 0 bridgehead atoms. The van der Waals surface area contributed by atoms with Crippen LogP contribution in [0.3, 0.4) is 0 Å². The van der Waals surface area contributed by atoms with Gasteiger partial charge in [-0.05, 0) is 63.7 Å². The molecule has 1 saturated carbocycles. The van der Waals surface area contributed by atoms with Crippen molar-refractivity contribution in [2.45, 2.75) is 193 Å². The highest BCUT2D eigenvalue weighted by Gasteiger charge is 2.39. The van der Waals surface area contributed by atoms with Gasteiger partial charge in [0.1, 0.15) is 25.5 Å². The van der Waals surface area contributed by atoms with E-state index in [1.54, 1.807) is 12.2 Å². The minimum absolute atomic E-state index is 0.00417. The van der Waals surface area contributed by atoms with Crippen molar-refractivity contribution in [3.63, 3.8) is 0 Å². The number of likely N-dealkylation sites (N-methyl/N-ethyl adjacent to an activating group) is 1. The number of ether oxygens (including phenoxy) is 2. The molecule has 1 aliphatic carbocycles. The Morgan fingerprint density at radius 3 is 2.00 bits per heavy atom. The lowest BCUT2D eigenvalue weighted by atomic mass is 9.88. The maximum atomic E-state index is 12.7. The van der Waals surface area contributed by atoms with Crippen molar-refractivity contribution in [2.75, 3.05) is 47.5 Å². The minimum Gasteiger partial charge on any atom is -0.756 e. The zero-order valence-corrected chi connectivity index (χ0v) is 39.7. The number of carbonyl (C=O) groups is 3. The van der Waals surface area contributed by atoms with Crippen molar-refractivity contribution in [3.8, 4) is 0 Å². The lowest BCUT2D eigenvalue weighted by Gasteiger charge is -2.28. The molecule has 0 aromatic rings. The number of Topliss-reactive ketones (excluding diaryl/α,β-unsaturated/α-hetero) is 1. The third-order valence-corrected chi connectivity index (χ3v) is 12.0.